The summed E-state index contributed by atoms with van der Waals surface area (Å²) < 4.78 is 0.420. The summed E-state index contributed by atoms with van der Waals surface area (Å²) in [6.07, 6.45) is 0. The second-order valence-electron chi connectivity index (χ2n) is 3.47. The van der Waals surface area contributed by atoms with Gasteiger partial charge in [-0.3, -0.25) is 20.9 Å². The molecule has 0 fully saturated rings. The van der Waals surface area contributed by atoms with Crippen LogP contribution in [0, 0.1) is 33.8 Å². The molecule has 8 nitrogen and oxygen atoms in total. The van der Waals surface area contributed by atoms with E-state index < -0.39 is 10.8 Å². The van der Waals surface area contributed by atoms with Crippen LogP contribution in [0.25, 0.3) is 0 Å². The number of nitro benzene ring substituents is 1. The zero-order valence-electron chi connectivity index (χ0n) is 9.77. The van der Waals surface area contributed by atoms with Crippen LogP contribution in [0.15, 0.2) is 21.7 Å². The summed E-state index contributed by atoms with van der Waals surface area (Å²) in [6.45, 7) is 1.65. The summed E-state index contributed by atoms with van der Waals surface area (Å²) >= 11 is 3.17. The number of nitriles is 1. The van der Waals surface area contributed by atoms with E-state index in [1.54, 1.807) is 13.0 Å². The number of nitrogens with zero attached hydrogens (tertiary/aromatic N) is 3. The number of non-ortho nitro benzene ring substituents is 1. The van der Waals surface area contributed by atoms with Crippen molar-refractivity contribution in [3.05, 3.63) is 32.3 Å². The van der Waals surface area contributed by atoms with Crippen molar-refractivity contribution in [2.45, 2.75) is 6.92 Å². The molecule has 1 rings (SSSR count). The number of amidine groups is 1. The topological polar surface area (TPSA) is 141 Å². The minimum absolute atomic E-state index is 0.0639. The van der Waals surface area contributed by atoms with Crippen LogP contribution < -0.4 is 11.2 Å². The molecule has 0 spiro atoms. The number of anilines is 1. The van der Waals surface area contributed by atoms with Crippen LogP contribution in [0.1, 0.15) is 5.56 Å². The summed E-state index contributed by atoms with van der Waals surface area (Å²) in [4.78, 5) is 10.2. The van der Waals surface area contributed by atoms with Gasteiger partial charge in [-0.2, -0.15) is 10.4 Å². The summed E-state index contributed by atoms with van der Waals surface area (Å²) in [7, 11) is 0. The fraction of sp³-hybridized carbons (Fsp3) is 0.100. The predicted octanol–water partition coefficient (Wildman–Crippen LogP) is 1.89. The molecule has 0 aliphatic rings. The van der Waals surface area contributed by atoms with Crippen molar-refractivity contribution < 1.29 is 4.92 Å². The first-order valence-electron chi connectivity index (χ1n) is 4.89. The number of rotatable bonds is 4. The van der Waals surface area contributed by atoms with Crippen LogP contribution in [0.5, 0.6) is 0 Å². The number of benzene rings is 1. The number of aryl methyl sites for hydroxylation is 1. The molecule has 0 saturated heterocycles. The first kappa shape index (κ1) is 14.6. The largest absolute Gasteiger partial charge is 0.382 e. The zero-order chi connectivity index (χ0) is 14.6. The lowest BCUT2D eigenvalue weighted by molar-refractivity contribution is -0.385. The Hall–Kier alpha value is -2.47. The molecule has 1 aromatic carbocycles. The predicted molar refractivity (Wildman–Crippen MR) is 74.1 cm³/mol. The van der Waals surface area contributed by atoms with E-state index in [1.165, 1.54) is 12.1 Å². The van der Waals surface area contributed by atoms with Crippen LogP contribution in [-0.4, -0.2) is 16.5 Å². The van der Waals surface area contributed by atoms with Crippen LogP contribution in [0.3, 0.4) is 0 Å². The smallest absolute Gasteiger partial charge is 0.270 e. The van der Waals surface area contributed by atoms with Gasteiger partial charge in [0, 0.05) is 16.6 Å². The molecule has 0 amide bonds. The fourth-order valence-corrected chi connectivity index (χ4v) is 1.87. The van der Waals surface area contributed by atoms with Gasteiger partial charge in [-0.15, -0.1) is 0 Å². The normalized spacial score (nSPS) is 10.7. The highest BCUT2D eigenvalue weighted by atomic mass is 79.9. The highest BCUT2D eigenvalue weighted by Crippen LogP contribution is 2.31. The molecule has 0 aliphatic heterocycles. The first-order valence-corrected chi connectivity index (χ1v) is 5.68. The summed E-state index contributed by atoms with van der Waals surface area (Å²) in [5.41, 5.74) is 8.38. The minimum Gasteiger partial charge on any atom is -0.382 e. The third kappa shape index (κ3) is 3.49. The maximum absolute atomic E-state index is 10.7. The Balaban J connectivity index is 3.14. The number of nitrogens with one attached hydrogen (secondary N) is 2. The van der Waals surface area contributed by atoms with Gasteiger partial charge in [-0.05, 0) is 28.4 Å². The monoisotopic (exact) mass is 324 g/mol. The molecule has 0 aliphatic carbocycles. The van der Waals surface area contributed by atoms with E-state index in [9.17, 15) is 10.1 Å². The average Bonchev–Trinajstić information content (AvgIpc) is 2.31. The number of hydrogen-bond donors (Lipinski definition) is 3. The van der Waals surface area contributed by atoms with Gasteiger partial charge in [0.25, 0.3) is 5.69 Å². The molecule has 0 atom stereocenters. The quantitative estimate of drug-likeness (QED) is 0.335. The number of halogens is 1. The van der Waals surface area contributed by atoms with Crippen LogP contribution in [0.4, 0.5) is 11.4 Å². The molecular formula is C10H9BrN6O2. The Morgan fingerprint density at radius 2 is 2.32 bits per heavy atom. The van der Waals surface area contributed by atoms with Crippen molar-refractivity contribution in [3.8, 4) is 6.07 Å². The van der Waals surface area contributed by atoms with Crippen molar-refractivity contribution in [1.82, 2.24) is 0 Å². The number of hydrazone groups is 1. The molecule has 0 saturated carbocycles. The molecule has 0 aromatic heterocycles. The Labute approximate surface area is 116 Å². The second kappa shape index (κ2) is 5.92. The van der Waals surface area contributed by atoms with Gasteiger partial charge >= 0.3 is 0 Å². The lowest BCUT2D eigenvalue weighted by Gasteiger charge is -2.07. The van der Waals surface area contributed by atoms with Crippen molar-refractivity contribution in [2.75, 3.05) is 5.43 Å². The molecule has 0 bridgehead atoms. The van der Waals surface area contributed by atoms with E-state index in [-0.39, 0.29) is 11.4 Å². The highest BCUT2D eigenvalue weighted by molar-refractivity contribution is 9.10. The van der Waals surface area contributed by atoms with Gasteiger partial charge < -0.3 is 5.73 Å². The van der Waals surface area contributed by atoms with E-state index in [4.69, 9.17) is 16.4 Å². The lowest BCUT2D eigenvalue weighted by atomic mass is 10.2. The van der Waals surface area contributed by atoms with Gasteiger partial charge in [-0.1, -0.05) is 0 Å². The number of nitro groups is 1. The van der Waals surface area contributed by atoms with Crippen LogP contribution >= 0.6 is 15.9 Å². The summed E-state index contributed by atoms with van der Waals surface area (Å²) in [5.74, 6) is -0.467. The third-order valence-electron chi connectivity index (χ3n) is 2.12. The van der Waals surface area contributed by atoms with Crippen molar-refractivity contribution in [3.63, 3.8) is 0 Å². The SMILES string of the molecule is Cc1cc([N+](=O)[O-])cc(Br)c1N/N=C(\C#N)C(=N)N. The maximum atomic E-state index is 10.7. The van der Waals surface area contributed by atoms with Gasteiger partial charge in [0.15, 0.2) is 5.84 Å². The van der Waals surface area contributed by atoms with Gasteiger partial charge in [-0.25, -0.2) is 0 Å². The molecule has 0 heterocycles. The molecule has 19 heavy (non-hydrogen) atoms. The van der Waals surface area contributed by atoms with Crippen molar-refractivity contribution in [1.29, 1.82) is 10.7 Å². The number of hydrogen-bond acceptors (Lipinski definition) is 6. The highest BCUT2D eigenvalue weighted by Gasteiger charge is 2.13. The third-order valence-corrected chi connectivity index (χ3v) is 2.75. The maximum Gasteiger partial charge on any atom is 0.270 e. The standard InChI is InChI=1S/C10H9BrN6O2/c1-5-2-6(17(18)19)3-7(11)9(5)16-15-8(4-12)10(13)14/h2-3,16H,1H3,(H3,13,14)/b15-8+. The van der Waals surface area contributed by atoms with E-state index in [2.05, 4.69) is 26.5 Å². The van der Waals surface area contributed by atoms with Crippen LogP contribution in [0.2, 0.25) is 0 Å². The van der Waals surface area contributed by atoms with Crippen molar-refractivity contribution in [2.24, 2.45) is 10.8 Å². The van der Waals surface area contributed by atoms with Gasteiger partial charge in [0.2, 0.25) is 5.71 Å². The van der Waals surface area contributed by atoms with Crippen molar-refractivity contribution >= 4 is 38.9 Å². The Morgan fingerprint density at radius 3 is 2.74 bits per heavy atom. The van der Waals surface area contributed by atoms with E-state index >= 15 is 0 Å². The first-order chi connectivity index (χ1) is 8.86. The Bertz CT molecular complexity index is 596. The Morgan fingerprint density at radius 1 is 1.68 bits per heavy atom. The zero-order valence-corrected chi connectivity index (χ0v) is 11.4. The molecule has 0 radical (unpaired) electrons. The molecule has 0 unspecified atom stereocenters. The minimum atomic E-state index is -0.513. The van der Waals surface area contributed by atoms with Crippen LogP contribution in [-0.2, 0) is 0 Å². The summed E-state index contributed by atoms with van der Waals surface area (Å²) in [5, 5.41) is 30.1. The van der Waals surface area contributed by atoms with Gasteiger partial charge in [0.1, 0.15) is 6.07 Å². The second-order valence-corrected chi connectivity index (χ2v) is 4.33. The number of nitrogens with two attached hydrogens (primary N) is 1. The van der Waals surface area contributed by atoms with Gasteiger partial charge in [0.05, 0.1) is 10.6 Å². The van der Waals surface area contributed by atoms with E-state index in [1.807, 2.05) is 0 Å². The molecule has 1 aromatic rings. The molecule has 98 valence electrons. The average molecular weight is 325 g/mol. The molecule has 9 heteroatoms. The Kier molecular flexibility index (Phi) is 4.55. The molecule has 4 N–H and O–H groups in total. The lowest BCUT2D eigenvalue weighted by Crippen LogP contribution is -2.22. The summed E-state index contributed by atoms with van der Waals surface area (Å²) in [6, 6.07) is 4.33. The fourth-order valence-electron chi connectivity index (χ4n) is 1.23. The van der Waals surface area contributed by atoms with E-state index in [0.29, 0.717) is 15.7 Å². The van der Waals surface area contributed by atoms with E-state index in [0.717, 1.165) is 0 Å². The molecular weight excluding hydrogens is 316 g/mol.